The molecule has 0 saturated heterocycles. The maximum absolute atomic E-state index is 14.8. The zero-order chi connectivity index (χ0) is 25.1. The maximum Gasteiger partial charge on any atom is 0.343 e. The monoisotopic (exact) mass is 473 g/mol. The minimum absolute atomic E-state index is 0.0692. The van der Waals surface area contributed by atoms with Gasteiger partial charge in [0.25, 0.3) is 0 Å². The number of hydrogen-bond acceptors (Lipinski definition) is 7. The Kier molecular flexibility index (Phi) is 11.5. The Morgan fingerprint density at radius 2 is 1.61 bits per heavy atom. The molecule has 1 N–H and O–H groups in total. The smallest absolute Gasteiger partial charge is 0.343 e. The van der Waals surface area contributed by atoms with Crippen molar-refractivity contribution in [1.82, 2.24) is 10.4 Å². The van der Waals surface area contributed by atoms with Crippen molar-refractivity contribution in [2.24, 2.45) is 0 Å². The molecule has 0 aliphatic rings. The highest BCUT2D eigenvalue weighted by molar-refractivity contribution is 6.25. The summed E-state index contributed by atoms with van der Waals surface area (Å²) in [5.41, 5.74) is -1.91. The minimum atomic E-state index is -1.98. The van der Waals surface area contributed by atoms with Crippen molar-refractivity contribution >= 4 is 17.4 Å². The molecule has 184 valence electrons. The van der Waals surface area contributed by atoms with Gasteiger partial charge in [-0.2, -0.15) is 4.39 Å². The predicted molar refractivity (Wildman–Crippen MR) is 116 cm³/mol. The molecular formula is C22H30F3N3O5. The first kappa shape index (κ1) is 28.1. The number of benzene rings is 1. The summed E-state index contributed by atoms with van der Waals surface area (Å²) in [7, 11) is 0. The number of Topliss-reactive ketones (excluding diaryl/α,β-unsaturated/α-hetero) is 1. The van der Waals surface area contributed by atoms with Crippen LogP contribution in [0.1, 0.15) is 68.8 Å². The van der Waals surface area contributed by atoms with Gasteiger partial charge in [0.2, 0.25) is 11.6 Å². The van der Waals surface area contributed by atoms with Crippen molar-refractivity contribution in [3.8, 4) is 0 Å². The van der Waals surface area contributed by atoms with Crippen molar-refractivity contribution in [2.75, 3.05) is 19.7 Å². The lowest BCUT2D eigenvalue weighted by Gasteiger charge is -2.22. The van der Waals surface area contributed by atoms with Crippen molar-refractivity contribution in [3.05, 3.63) is 50.5 Å². The van der Waals surface area contributed by atoms with Gasteiger partial charge in [-0.05, 0) is 26.2 Å². The zero-order valence-electron chi connectivity index (χ0n) is 19.3. The Labute approximate surface area is 190 Å². The number of ketones is 1. The Morgan fingerprint density at radius 1 is 1.03 bits per heavy atom. The first-order valence-electron chi connectivity index (χ1n) is 10.9. The molecule has 0 aromatic heterocycles. The van der Waals surface area contributed by atoms with Crippen LogP contribution < -0.4 is 5.43 Å². The minimum Gasteiger partial charge on any atom is -0.462 e. The highest BCUT2D eigenvalue weighted by Gasteiger charge is 2.37. The van der Waals surface area contributed by atoms with Crippen molar-refractivity contribution in [2.45, 2.75) is 59.8 Å². The molecule has 0 unspecified atom stereocenters. The summed E-state index contributed by atoms with van der Waals surface area (Å²) in [6, 6.07) is 0. The number of halogens is 3. The number of nitro benzene ring substituents is 1. The van der Waals surface area contributed by atoms with Crippen molar-refractivity contribution in [3.63, 3.8) is 0 Å². The van der Waals surface area contributed by atoms with Crippen molar-refractivity contribution in [1.29, 1.82) is 0 Å². The van der Waals surface area contributed by atoms with E-state index < -0.39 is 56.5 Å². The van der Waals surface area contributed by atoms with Gasteiger partial charge in [0.05, 0.1) is 11.5 Å². The fourth-order valence-corrected chi connectivity index (χ4v) is 2.86. The van der Waals surface area contributed by atoms with E-state index in [-0.39, 0.29) is 6.61 Å². The quantitative estimate of drug-likeness (QED) is 0.0608. The van der Waals surface area contributed by atoms with Gasteiger partial charge in [0.1, 0.15) is 17.0 Å². The summed E-state index contributed by atoms with van der Waals surface area (Å²) in [4.78, 5) is 35.6. The Hall–Kier alpha value is -2.95. The van der Waals surface area contributed by atoms with E-state index in [2.05, 4.69) is 5.43 Å². The highest BCUT2D eigenvalue weighted by Crippen LogP contribution is 2.32. The molecule has 0 atom stereocenters. The fourth-order valence-electron chi connectivity index (χ4n) is 2.86. The molecule has 0 fully saturated rings. The van der Waals surface area contributed by atoms with E-state index in [1.807, 2.05) is 13.8 Å². The molecule has 8 nitrogen and oxygen atoms in total. The number of carbonyl (C=O) groups is 2. The van der Waals surface area contributed by atoms with Gasteiger partial charge in [-0.1, -0.05) is 33.6 Å². The summed E-state index contributed by atoms with van der Waals surface area (Å²) in [6.45, 7) is 7.57. The second-order valence-corrected chi connectivity index (χ2v) is 7.39. The number of nitrogens with zero attached hydrogens (tertiary/aromatic N) is 2. The molecule has 0 aliphatic heterocycles. The standard InChI is InChI=1S/C22H30F3N3O5/c1-5-8-10-27(11-9-6-2)26-13-15(22(30)33-12-7-3)21(29)16-17(23)14(4)18(24)19(25)20(16)28(31)32/h13,26H,5-12H2,1-4H3/b15-13+. The van der Waals surface area contributed by atoms with E-state index in [0.717, 1.165) is 38.8 Å². The topological polar surface area (TPSA) is 102 Å². The molecule has 0 radical (unpaired) electrons. The number of unbranched alkanes of at least 4 members (excludes halogenated alkanes) is 2. The molecule has 1 rings (SSSR count). The third kappa shape index (κ3) is 7.28. The average Bonchev–Trinajstić information content (AvgIpc) is 2.79. The number of nitro groups is 1. The molecule has 1 aromatic carbocycles. The Balaban J connectivity index is 3.55. The summed E-state index contributed by atoms with van der Waals surface area (Å²) in [5, 5.41) is 13.1. The van der Waals surface area contributed by atoms with E-state index in [4.69, 9.17) is 4.74 Å². The lowest BCUT2D eigenvalue weighted by molar-refractivity contribution is -0.388. The highest BCUT2D eigenvalue weighted by atomic mass is 19.2. The van der Waals surface area contributed by atoms with Crippen LogP contribution in [0.15, 0.2) is 11.8 Å². The van der Waals surface area contributed by atoms with Crippen LogP contribution in [-0.2, 0) is 9.53 Å². The van der Waals surface area contributed by atoms with Crippen LogP contribution in [0.5, 0.6) is 0 Å². The van der Waals surface area contributed by atoms with Crippen LogP contribution in [0.25, 0.3) is 0 Å². The number of rotatable bonds is 14. The van der Waals surface area contributed by atoms with Crippen LogP contribution in [0, 0.1) is 34.5 Å². The number of nitrogens with one attached hydrogen (secondary N) is 1. The van der Waals surface area contributed by atoms with Gasteiger partial charge in [-0.25, -0.2) is 18.6 Å². The molecule has 0 amide bonds. The number of ether oxygens (including phenoxy) is 1. The maximum atomic E-state index is 14.8. The molecule has 0 aliphatic carbocycles. The molecule has 1 aromatic rings. The summed E-state index contributed by atoms with van der Waals surface area (Å²) in [5.74, 6) is -8.03. The van der Waals surface area contributed by atoms with E-state index in [1.54, 1.807) is 11.9 Å². The number of hydrazine groups is 1. The largest absolute Gasteiger partial charge is 0.462 e. The second-order valence-electron chi connectivity index (χ2n) is 7.39. The Bertz CT molecular complexity index is 898. The number of hydrogen-bond donors (Lipinski definition) is 1. The molecule has 0 bridgehead atoms. The molecular weight excluding hydrogens is 443 g/mol. The van der Waals surface area contributed by atoms with Crippen LogP contribution in [-0.4, -0.2) is 41.4 Å². The van der Waals surface area contributed by atoms with Crippen LogP contribution >= 0.6 is 0 Å². The SMILES string of the molecule is CCCCN(CCCC)N/C=C(/C(=O)OCCC)C(=O)c1c(F)c(C)c(F)c(F)c1[N+](=O)[O-]. The van der Waals surface area contributed by atoms with Crippen LogP contribution in [0.2, 0.25) is 0 Å². The molecule has 0 heterocycles. The van der Waals surface area contributed by atoms with E-state index >= 15 is 0 Å². The third-order valence-corrected chi connectivity index (χ3v) is 4.78. The fraction of sp³-hybridized carbons (Fsp3) is 0.545. The molecule has 33 heavy (non-hydrogen) atoms. The normalized spacial score (nSPS) is 11.6. The average molecular weight is 473 g/mol. The summed E-state index contributed by atoms with van der Waals surface area (Å²) < 4.78 is 47.9. The lowest BCUT2D eigenvalue weighted by atomic mass is 9.98. The first-order chi connectivity index (χ1) is 15.6. The molecule has 11 heteroatoms. The van der Waals surface area contributed by atoms with Gasteiger partial charge >= 0.3 is 11.7 Å². The molecule has 0 spiro atoms. The summed E-state index contributed by atoms with van der Waals surface area (Å²) in [6.07, 6.45) is 4.74. The van der Waals surface area contributed by atoms with Gasteiger partial charge in [-0.3, -0.25) is 14.9 Å². The van der Waals surface area contributed by atoms with Crippen LogP contribution in [0.4, 0.5) is 18.9 Å². The lowest BCUT2D eigenvalue weighted by Crippen LogP contribution is -2.37. The molecule has 0 saturated carbocycles. The van der Waals surface area contributed by atoms with Gasteiger partial charge in [0.15, 0.2) is 5.82 Å². The van der Waals surface area contributed by atoms with Crippen LogP contribution in [0.3, 0.4) is 0 Å². The third-order valence-electron chi connectivity index (χ3n) is 4.78. The first-order valence-corrected chi connectivity index (χ1v) is 10.9. The van der Waals surface area contributed by atoms with E-state index in [9.17, 15) is 32.9 Å². The Morgan fingerprint density at radius 3 is 2.09 bits per heavy atom. The number of carbonyl (C=O) groups excluding carboxylic acids is 2. The van der Waals surface area contributed by atoms with Crippen molar-refractivity contribution < 1.29 is 32.4 Å². The predicted octanol–water partition coefficient (Wildman–Crippen LogP) is 4.75. The summed E-state index contributed by atoms with van der Waals surface area (Å²) >= 11 is 0. The van der Waals surface area contributed by atoms with Gasteiger partial charge in [-0.15, -0.1) is 0 Å². The van der Waals surface area contributed by atoms with Gasteiger partial charge in [0, 0.05) is 24.9 Å². The number of esters is 1. The second kappa shape index (κ2) is 13.6. The van der Waals surface area contributed by atoms with E-state index in [1.165, 1.54) is 0 Å². The van der Waals surface area contributed by atoms with E-state index in [0.29, 0.717) is 19.5 Å². The van der Waals surface area contributed by atoms with Gasteiger partial charge < -0.3 is 10.2 Å². The zero-order valence-corrected chi connectivity index (χ0v) is 19.3.